The van der Waals surface area contributed by atoms with Gasteiger partial charge in [0.15, 0.2) is 11.6 Å². The molecule has 3 rings (SSSR count). The van der Waals surface area contributed by atoms with Crippen LogP contribution in [0.25, 0.3) is 0 Å². The third-order valence-electron chi connectivity index (χ3n) is 4.94. The van der Waals surface area contributed by atoms with E-state index in [0.29, 0.717) is 25.1 Å². The van der Waals surface area contributed by atoms with Gasteiger partial charge in [0.1, 0.15) is 12.4 Å². The zero-order chi connectivity index (χ0) is 20.8. The molecule has 0 aliphatic carbocycles. The molecular formula is C22H24F2N2O3. The Bertz CT molecular complexity index is 871. The summed E-state index contributed by atoms with van der Waals surface area (Å²) in [7, 11) is 0. The minimum absolute atomic E-state index is 0.0656. The predicted molar refractivity (Wildman–Crippen MR) is 105 cm³/mol. The van der Waals surface area contributed by atoms with Gasteiger partial charge in [-0.3, -0.25) is 9.59 Å². The number of rotatable bonds is 6. The van der Waals surface area contributed by atoms with E-state index in [2.05, 4.69) is 5.32 Å². The first kappa shape index (κ1) is 20.8. The number of piperidine rings is 1. The van der Waals surface area contributed by atoms with Crippen molar-refractivity contribution in [3.63, 3.8) is 0 Å². The number of amides is 2. The monoisotopic (exact) mass is 402 g/mol. The van der Waals surface area contributed by atoms with E-state index in [1.165, 1.54) is 6.07 Å². The number of halogens is 2. The molecule has 154 valence electrons. The molecule has 1 aliphatic heterocycles. The first-order valence-corrected chi connectivity index (χ1v) is 9.65. The lowest BCUT2D eigenvalue weighted by molar-refractivity contribution is -0.126. The molecule has 1 heterocycles. The fourth-order valence-corrected chi connectivity index (χ4v) is 3.31. The van der Waals surface area contributed by atoms with Gasteiger partial charge in [0, 0.05) is 24.7 Å². The number of hydrogen-bond donors (Lipinski definition) is 1. The van der Waals surface area contributed by atoms with Crippen molar-refractivity contribution in [3.05, 3.63) is 65.2 Å². The van der Waals surface area contributed by atoms with Crippen molar-refractivity contribution >= 4 is 11.8 Å². The maximum absolute atomic E-state index is 13.1. The summed E-state index contributed by atoms with van der Waals surface area (Å²) >= 11 is 0. The molecule has 1 N–H and O–H groups in total. The highest BCUT2D eigenvalue weighted by Crippen LogP contribution is 2.19. The van der Waals surface area contributed by atoms with Crippen LogP contribution in [0.3, 0.4) is 0 Å². The Balaban J connectivity index is 1.46. The van der Waals surface area contributed by atoms with E-state index >= 15 is 0 Å². The molecule has 7 heteroatoms. The quantitative estimate of drug-likeness (QED) is 0.754. The molecule has 0 spiro atoms. The van der Waals surface area contributed by atoms with Gasteiger partial charge in [-0.15, -0.1) is 0 Å². The third-order valence-corrected chi connectivity index (χ3v) is 4.94. The molecule has 1 saturated heterocycles. The van der Waals surface area contributed by atoms with Crippen LogP contribution >= 0.6 is 0 Å². The molecule has 1 fully saturated rings. The van der Waals surface area contributed by atoms with Crippen molar-refractivity contribution < 1.29 is 23.1 Å². The summed E-state index contributed by atoms with van der Waals surface area (Å²) in [4.78, 5) is 26.8. The maximum Gasteiger partial charge on any atom is 0.253 e. The second-order valence-corrected chi connectivity index (χ2v) is 7.17. The van der Waals surface area contributed by atoms with Gasteiger partial charge in [-0.2, -0.15) is 0 Å². The highest BCUT2D eigenvalue weighted by molar-refractivity contribution is 5.94. The Labute approximate surface area is 168 Å². The second kappa shape index (κ2) is 9.49. The average Bonchev–Trinajstić information content (AvgIpc) is 2.73. The Hall–Kier alpha value is -2.96. The summed E-state index contributed by atoms with van der Waals surface area (Å²) in [5, 5.41) is 2.79. The first-order chi connectivity index (χ1) is 13.9. The largest absolute Gasteiger partial charge is 0.492 e. The van der Waals surface area contributed by atoms with Crippen LogP contribution in [0.1, 0.15) is 28.8 Å². The van der Waals surface area contributed by atoms with Gasteiger partial charge in [-0.25, -0.2) is 8.78 Å². The van der Waals surface area contributed by atoms with Crippen LogP contribution in [-0.2, 0) is 4.79 Å². The summed E-state index contributed by atoms with van der Waals surface area (Å²) in [6.07, 6.45) is 1.48. The fourth-order valence-electron chi connectivity index (χ4n) is 3.31. The molecule has 0 bridgehead atoms. The van der Waals surface area contributed by atoms with Crippen molar-refractivity contribution in [2.24, 2.45) is 5.92 Å². The lowest BCUT2D eigenvalue weighted by Crippen LogP contribution is -2.46. The SMILES string of the molecule is Cc1ccc(C(=O)N2CCCC(C(=O)NCCOc3ccc(F)c(F)c3)C2)cc1. The molecule has 2 aromatic carbocycles. The molecule has 2 aromatic rings. The van der Waals surface area contributed by atoms with Gasteiger partial charge in [0.05, 0.1) is 12.5 Å². The number of carbonyl (C=O) groups is 2. The highest BCUT2D eigenvalue weighted by Gasteiger charge is 2.28. The summed E-state index contributed by atoms with van der Waals surface area (Å²) in [5.41, 5.74) is 1.71. The van der Waals surface area contributed by atoms with Gasteiger partial charge < -0.3 is 15.0 Å². The molecule has 0 radical (unpaired) electrons. The maximum atomic E-state index is 13.1. The molecule has 5 nitrogen and oxygen atoms in total. The lowest BCUT2D eigenvalue weighted by Gasteiger charge is -2.32. The normalized spacial score (nSPS) is 16.4. The van der Waals surface area contributed by atoms with Gasteiger partial charge in [-0.05, 0) is 44.0 Å². The standard InChI is InChI=1S/C22H24F2N2O3/c1-15-4-6-16(7-5-15)22(28)26-11-2-3-17(14-26)21(27)25-10-12-29-18-8-9-19(23)20(24)13-18/h4-9,13,17H,2-3,10-12,14H2,1H3,(H,25,27). The van der Waals surface area contributed by atoms with Gasteiger partial charge in [0.25, 0.3) is 5.91 Å². The van der Waals surface area contributed by atoms with Crippen molar-refractivity contribution in [3.8, 4) is 5.75 Å². The summed E-state index contributed by atoms with van der Waals surface area (Å²) in [6.45, 7) is 3.35. The van der Waals surface area contributed by atoms with E-state index in [0.717, 1.165) is 24.1 Å². The molecule has 29 heavy (non-hydrogen) atoms. The van der Waals surface area contributed by atoms with Gasteiger partial charge in [-0.1, -0.05) is 17.7 Å². The molecular weight excluding hydrogens is 378 g/mol. The Morgan fingerprint density at radius 3 is 2.62 bits per heavy atom. The van der Waals surface area contributed by atoms with E-state index in [9.17, 15) is 18.4 Å². The zero-order valence-electron chi connectivity index (χ0n) is 16.3. The number of nitrogens with zero attached hydrogens (tertiary/aromatic N) is 1. The van der Waals surface area contributed by atoms with E-state index in [4.69, 9.17) is 4.74 Å². The zero-order valence-corrected chi connectivity index (χ0v) is 16.3. The molecule has 0 saturated carbocycles. The van der Waals surface area contributed by atoms with Crippen LogP contribution in [0.2, 0.25) is 0 Å². The summed E-state index contributed by atoms with van der Waals surface area (Å²) in [6, 6.07) is 10.7. The average molecular weight is 402 g/mol. The Kier molecular flexibility index (Phi) is 6.80. The third kappa shape index (κ3) is 5.53. The Morgan fingerprint density at radius 1 is 1.14 bits per heavy atom. The highest BCUT2D eigenvalue weighted by atomic mass is 19.2. The molecule has 0 aromatic heterocycles. The van der Waals surface area contributed by atoms with Gasteiger partial charge in [0.2, 0.25) is 5.91 Å². The van der Waals surface area contributed by atoms with Crippen LogP contribution in [-0.4, -0.2) is 43.0 Å². The topological polar surface area (TPSA) is 58.6 Å². The minimum atomic E-state index is -0.980. The molecule has 2 amide bonds. The fraction of sp³-hybridized carbons (Fsp3) is 0.364. The van der Waals surface area contributed by atoms with Crippen LogP contribution in [0.5, 0.6) is 5.75 Å². The van der Waals surface area contributed by atoms with E-state index in [-0.39, 0.29) is 36.6 Å². The van der Waals surface area contributed by atoms with E-state index in [1.54, 1.807) is 17.0 Å². The van der Waals surface area contributed by atoms with Crippen LogP contribution in [0.15, 0.2) is 42.5 Å². The number of carbonyl (C=O) groups excluding carboxylic acids is 2. The van der Waals surface area contributed by atoms with Crippen LogP contribution in [0, 0.1) is 24.5 Å². The molecule has 1 unspecified atom stereocenters. The molecule has 1 aliphatic rings. The number of ether oxygens (including phenoxy) is 1. The van der Waals surface area contributed by atoms with Crippen LogP contribution in [0.4, 0.5) is 8.78 Å². The number of benzene rings is 2. The van der Waals surface area contributed by atoms with Crippen LogP contribution < -0.4 is 10.1 Å². The predicted octanol–water partition coefficient (Wildman–Crippen LogP) is 3.32. The number of hydrogen-bond acceptors (Lipinski definition) is 3. The van der Waals surface area contributed by atoms with Gasteiger partial charge >= 0.3 is 0 Å². The van der Waals surface area contributed by atoms with Crippen molar-refractivity contribution in [2.45, 2.75) is 19.8 Å². The summed E-state index contributed by atoms with van der Waals surface area (Å²) in [5.74, 6) is -2.20. The summed E-state index contributed by atoms with van der Waals surface area (Å²) < 4.78 is 31.4. The van der Waals surface area contributed by atoms with Crippen molar-refractivity contribution in [1.29, 1.82) is 0 Å². The number of nitrogens with one attached hydrogen (secondary N) is 1. The minimum Gasteiger partial charge on any atom is -0.492 e. The van der Waals surface area contributed by atoms with Crippen molar-refractivity contribution in [2.75, 3.05) is 26.2 Å². The lowest BCUT2D eigenvalue weighted by atomic mass is 9.96. The second-order valence-electron chi connectivity index (χ2n) is 7.17. The van der Waals surface area contributed by atoms with Crippen molar-refractivity contribution in [1.82, 2.24) is 10.2 Å². The smallest absolute Gasteiger partial charge is 0.253 e. The Morgan fingerprint density at radius 2 is 1.90 bits per heavy atom. The first-order valence-electron chi connectivity index (χ1n) is 9.65. The number of likely N-dealkylation sites (tertiary alicyclic amines) is 1. The van der Waals surface area contributed by atoms with E-state index < -0.39 is 11.6 Å². The number of aryl methyl sites for hydroxylation is 1. The molecule has 1 atom stereocenters. The van der Waals surface area contributed by atoms with E-state index in [1.807, 2.05) is 19.1 Å².